The Morgan fingerprint density at radius 2 is 1.86 bits per heavy atom. The highest BCUT2D eigenvalue weighted by molar-refractivity contribution is 5.92. The predicted octanol–water partition coefficient (Wildman–Crippen LogP) is 4.52. The highest BCUT2D eigenvalue weighted by Gasteiger charge is 2.20. The number of methoxy groups -OCH3 is 1. The van der Waals surface area contributed by atoms with Crippen molar-refractivity contribution in [2.24, 2.45) is 0 Å². The zero-order chi connectivity index (χ0) is 29.8. The van der Waals surface area contributed by atoms with Crippen LogP contribution in [0.1, 0.15) is 47.1 Å². The van der Waals surface area contributed by atoms with Crippen molar-refractivity contribution in [3.05, 3.63) is 30.2 Å². The van der Waals surface area contributed by atoms with Gasteiger partial charge in [-0.15, -0.1) is 0 Å². The number of hydrogen-bond acceptors (Lipinski definition) is 11. The molecule has 0 fully saturated rings. The summed E-state index contributed by atoms with van der Waals surface area (Å²) in [5.41, 5.74) is 1.74. The van der Waals surface area contributed by atoms with Crippen LogP contribution < -0.4 is 24.8 Å². The van der Waals surface area contributed by atoms with Gasteiger partial charge in [0.05, 0.1) is 24.8 Å². The van der Waals surface area contributed by atoms with Crippen LogP contribution >= 0.6 is 0 Å². The molecular formula is C30H48N6O6. The van der Waals surface area contributed by atoms with Gasteiger partial charge in [-0.2, -0.15) is 0 Å². The van der Waals surface area contributed by atoms with Crippen molar-refractivity contribution >= 4 is 28.5 Å². The fourth-order valence-corrected chi connectivity index (χ4v) is 4.17. The zero-order valence-corrected chi connectivity index (χ0v) is 25.3. The number of carbonyl (C=O) groups is 1. The number of aromatic amines is 1. The number of nitrogens with one attached hydrogen (secondary N) is 3. The number of esters is 1. The van der Waals surface area contributed by atoms with Crippen LogP contribution in [0, 0.1) is 0 Å². The van der Waals surface area contributed by atoms with E-state index in [1.807, 2.05) is 20.2 Å². The maximum Gasteiger partial charge on any atom is 0.344 e. The number of benzene rings is 1. The molecular weight excluding hydrogens is 540 g/mol. The molecule has 0 aliphatic heterocycles. The Kier molecular flexibility index (Phi) is 13.8. The van der Waals surface area contributed by atoms with Gasteiger partial charge in [0.1, 0.15) is 35.7 Å². The van der Waals surface area contributed by atoms with E-state index >= 15 is 0 Å². The minimum atomic E-state index is -0.627. The lowest BCUT2D eigenvalue weighted by molar-refractivity contribution is -0.157. The fraction of sp³-hybridized carbons (Fsp3) is 0.567. The van der Waals surface area contributed by atoms with Crippen LogP contribution in [0.25, 0.3) is 11.0 Å². The normalized spacial score (nSPS) is 11.3. The molecule has 0 aliphatic rings. The second-order valence-corrected chi connectivity index (χ2v) is 10.5. The molecule has 0 saturated carbocycles. The van der Waals surface area contributed by atoms with E-state index < -0.39 is 11.6 Å². The van der Waals surface area contributed by atoms with Gasteiger partial charge in [0, 0.05) is 31.5 Å². The van der Waals surface area contributed by atoms with Gasteiger partial charge in [0.2, 0.25) is 0 Å². The lowest BCUT2D eigenvalue weighted by atomic mass is 10.2. The number of H-pyrrole nitrogens is 1. The average Bonchev–Trinajstić information content (AvgIpc) is 3.33. The molecule has 234 valence electrons. The molecule has 3 aromatic rings. The van der Waals surface area contributed by atoms with Crippen LogP contribution in [-0.4, -0.2) is 92.1 Å². The quantitative estimate of drug-likeness (QED) is 0.152. The second kappa shape index (κ2) is 16.7. The maximum atomic E-state index is 12.4. The van der Waals surface area contributed by atoms with Gasteiger partial charge >= 0.3 is 5.97 Å². The second-order valence-electron chi connectivity index (χ2n) is 10.5. The maximum absolute atomic E-state index is 12.4. The average molecular weight is 589 g/mol. The van der Waals surface area contributed by atoms with Gasteiger partial charge in [-0.25, -0.2) is 14.8 Å². The molecule has 0 amide bonds. The first-order valence-corrected chi connectivity index (χ1v) is 13.8. The van der Waals surface area contributed by atoms with Crippen molar-refractivity contribution in [1.82, 2.24) is 25.2 Å². The van der Waals surface area contributed by atoms with E-state index in [1.165, 1.54) is 6.33 Å². The predicted molar refractivity (Wildman–Crippen MR) is 165 cm³/mol. The largest absolute Gasteiger partial charge is 0.494 e. The van der Waals surface area contributed by atoms with Crippen LogP contribution in [0.5, 0.6) is 17.2 Å². The van der Waals surface area contributed by atoms with Crippen LogP contribution in [0.2, 0.25) is 0 Å². The van der Waals surface area contributed by atoms with E-state index in [2.05, 4.69) is 37.5 Å². The van der Waals surface area contributed by atoms with Crippen molar-refractivity contribution in [3.8, 4) is 17.2 Å². The summed E-state index contributed by atoms with van der Waals surface area (Å²) in [4.78, 5) is 26.9. The number of carbonyl (C=O) groups excluding carboxylic acids is 1. The number of hydrogen-bond donors (Lipinski definition) is 3. The Bertz CT molecular complexity index is 1260. The van der Waals surface area contributed by atoms with E-state index in [0.717, 1.165) is 42.7 Å². The monoisotopic (exact) mass is 588 g/mol. The molecule has 12 nitrogen and oxygen atoms in total. The summed E-state index contributed by atoms with van der Waals surface area (Å²) in [5, 5.41) is 7.45. The first-order chi connectivity index (χ1) is 19.6. The summed E-state index contributed by atoms with van der Waals surface area (Å²) < 4.78 is 28.3. The molecule has 0 spiro atoms. The molecule has 3 rings (SSSR count). The van der Waals surface area contributed by atoms with E-state index in [9.17, 15) is 4.79 Å². The minimum Gasteiger partial charge on any atom is -0.494 e. The molecule has 3 N–H and O–H groups in total. The summed E-state index contributed by atoms with van der Waals surface area (Å²) in [6.45, 7) is 11.0. The van der Waals surface area contributed by atoms with E-state index in [4.69, 9.17) is 23.7 Å². The lowest BCUT2D eigenvalue weighted by Crippen LogP contribution is -2.27. The Morgan fingerprint density at radius 3 is 2.55 bits per heavy atom. The lowest BCUT2D eigenvalue weighted by Gasteiger charge is -2.21. The van der Waals surface area contributed by atoms with Crippen molar-refractivity contribution < 1.29 is 28.5 Å². The molecule has 42 heavy (non-hydrogen) atoms. The van der Waals surface area contributed by atoms with E-state index in [0.29, 0.717) is 48.6 Å². The van der Waals surface area contributed by atoms with Gasteiger partial charge in [-0.3, -0.25) is 0 Å². The Hall–Kier alpha value is -3.61. The van der Waals surface area contributed by atoms with Gasteiger partial charge < -0.3 is 44.2 Å². The standard InChI is InChI=1S/C29H44N6O6.CH4/c1-8-38-12-13-39-24-15-22(37-7)21(14-23(24)40-18-25(36)41-29(2,3)4)34-28-26-20(16-31-27(26)32-19-33-28)17-35(6)11-9-10-30-5;/h14-16,19,30H,8-13,17-18H2,1-7H3,(H2,31,32,33,34);1H4. The summed E-state index contributed by atoms with van der Waals surface area (Å²) in [6.07, 6.45) is 4.50. The first-order valence-electron chi connectivity index (χ1n) is 13.8. The molecule has 1 aromatic carbocycles. The number of nitrogens with zero attached hydrogens (tertiary/aromatic N) is 3. The van der Waals surface area contributed by atoms with Crippen LogP contribution in [-0.2, 0) is 20.8 Å². The number of aromatic nitrogens is 3. The van der Waals surface area contributed by atoms with Crippen LogP contribution in [0.3, 0.4) is 0 Å². The van der Waals surface area contributed by atoms with E-state index in [-0.39, 0.29) is 14.0 Å². The molecule has 0 unspecified atom stereocenters. The van der Waals surface area contributed by atoms with Gasteiger partial charge in [-0.1, -0.05) is 7.43 Å². The highest BCUT2D eigenvalue weighted by atomic mass is 16.6. The third kappa shape index (κ3) is 10.3. The molecule has 2 aromatic heterocycles. The van der Waals surface area contributed by atoms with Gasteiger partial charge in [0.25, 0.3) is 0 Å². The van der Waals surface area contributed by atoms with Gasteiger partial charge in [0.15, 0.2) is 18.1 Å². The molecule has 0 atom stereocenters. The van der Waals surface area contributed by atoms with Crippen LogP contribution in [0.15, 0.2) is 24.7 Å². The fourth-order valence-electron chi connectivity index (χ4n) is 4.17. The van der Waals surface area contributed by atoms with Crippen molar-refractivity contribution in [1.29, 1.82) is 0 Å². The van der Waals surface area contributed by atoms with Gasteiger partial charge in [-0.05, 0) is 66.9 Å². The third-order valence-corrected chi connectivity index (χ3v) is 5.93. The molecule has 0 bridgehead atoms. The van der Waals surface area contributed by atoms with Crippen molar-refractivity contribution in [2.75, 3.05) is 66.0 Å². The van der Waals surface area contributed by atoms with Crippen molar-refractivity contribution in [2.45, 2.75) is 53.7 Å². The Labute approximate surface area is 249 Å². The summed E-state index contributed by atoms with van der Waals surface area (Å²) in [6, 6.07) is 3.44. The molecule has 0 saturated heterocycles. The van der Waals surface area contributed by atoms with Crippen molar-refractivity contribution in [3.63, 3.8) is 0 Å². The number of ether oxygens (including phenoxy) is 5. The summed E-state index contributed by atoms with van der Waals surface area (Å²) in [5.74, 6) is 1.38. The van der Waals surface area contributed by atoms with E-state index in [1.54, 1.807) is 40.0 Å². The Balaban J connectivity index is 0.00000616. The number of fused-ring (bicyclic) bond motifs is 1. The summed E-state index contributed by atoms with van der Waals surface area (Å²) >= 11 is 0. The highest BCUT2D eigenvalue weighted by Crippen LogP contribution is 2.40. The SMILES string of the molecule is C.CCOCCOc1cc(OC)c(Nc2ncnc3[nH]cc(CN(C)CCCNC)c23)cc1OCC(=O)OC(C)(C)C. The molecule has 0 aliphatic carbocycles. The number of anilines is 2. The smallest absolute Gasteiger partial charge is 0.344 e. The topological polar surface area (TPSA) is 132 Å². The zero-order valence-electron chi connectivity index (χ0n) is 25.3. The summed E-state index contributed by atoms with van der Waals surface area (Å²) in [7, 11) is 5.62. The Morgan fingerprint density at radius 1 is 1.10 bits per heavy atom. The first kappa shape index (κ1) is 34.6. The minimum absolute atomic E-state index is 0. The molecule has 0 radical (unpaired) electrons. The molecule has 12 heteroatoms. The van der Waals surface area contributed by atoms with Crippen LogP contribution in [0.4, 0.5) is 11.5 Å². The number of rotatable bonds is 17. The molecule has 2 heterocycles. The third-order valence-electron chi connectivity index (χ3n) is 5.93.